The number of rotatable bonds is 1. The molecule has 132 valence electrons. The van der Waals surface area contributed by atoms with Gasteiger partial charge in [-0.1, -0.05) is 23.2 Å². The van der Waals surface area contributed by atoms with Gasteiger partial charge in [-0.25, -0.2) is 9.37 Å². The molecule has 0 saturated heterocycles. The molecule has 1 amide bonds. The number of hydrogen-bond donors (Lipinski definition) is 0. The van der Waals surface area contributed by atoms with Crippen molar-refractivity contribution in [1.82, 2.24) is 14.3 Å². The quantitative estimate of drug-likeness (QED) is 0.639. The van der Waals surface area contributed by atoms with Crippen LogP contribution in [0.5, 0.6) is 0 Å². The van der Waals surface area contributed by atoms with E-state index in [0.29, 0.717) is 34.9 Å². The summed E-state index contributed by atoms with van der Waals surface area (Å²) in [6.45, 7) is 0.398. The average molecular weight is 392 g/mol. The van der Waals surface area contributed by atoms with Crippen LogP contribution >= 0.6 is 23.2 Å². The van der Waals surface area contributed by atoms with Gasteiger partial charge in [0.2, 0.25) is 0 Å². The molecule has 0 atom stereocenters. The fourth-order valence-electron chi connectivity index (χ4n) is 3.08. The minimum atomic E-state index is -0.648. The first kappa shape index (κ1) is 17.0. The van der Waals surface area contributed by atoms with E-state index >= 15 is 0 Å². The summed E-state index contributed by atoms with van der Waals surface area (Å²) in [5.41, 5.74) is 1.16. The normalized spacial score (nSPS) is 13.7. The molecule has 3 aromatic rings. The summed E-state index contributed by atoms with van der Waals surface area (Å²) in [5.74, 6) is -1.16. The second-order valence-electron chi connectivity index (χ2n) is 6.02. The Hall–Kier alpha value is -2.44. The minimum absolute atomic E-state index is 0.0570. The molecular weight excluding hydrogens is 380 g/mol. The summed E-state index contributed by atoms with van der Waals surface area (Å²) >= 11 is 11.8. The van der Waals surface area contributed by atoms with Crippen LogP contribution in [0.3, 0.4) is 0 Å². The van der Waals surface area contributed by atoms with Crippen molar-refractivity contribution in [2.45, 2.75) is 13.0 Å². The second-order valence-corrected chi connectivity index (χ2v) is 6.89. The Bertz CT molecular complexity index is 1110. The van der Waals surface area contributed by atoms with Crippen LogP contribution in [0.1, 0.15) is 21.6 Å². The Labute approximate surface area is 157 Å². The summed E-state index contributed by atoms with van der Waals surface area (Å²) in [4.78, 5) is 31.4. The lowest BCUT2D eigenvalue weighted by molar-refractivity contribution is 0.0728. The molecule has 0 radical (unpaired) electrons. The zero-order valence-electron chi connectivity index (χ0n) is 13.4. The smallest absolute Gasteiger partial charge is 0.263 e. The zero-order chi connectivity index (χ0) is 18.4. The van der Waals surface area contributed by atoms with Crippen LogP contribution in [0.15, 0.2) is 41.3 Å². The highest BCUT2D eigenvalue weighted by molar-refractivity contribution is 6.31. The Morgan fingerprint density at radius 2 is 1.92 bits per heavy atom. The highest BCUT2D eigenvalue weighted by atomic mass is 35.5. The van der Waals surface area contributed by atoms with Gasteiger partial charge in [0, 0.05) is 24.2 Å². The van der Waals surface area contributed by atoms with E-state index in [1.165, 1.54) is 27.6 Å². The third-order valence-electron chi connectivity index (χ3n) is 4.38. The van der Waals surface area contributed by atoms with Gasteiger partial charge >= 0.3 is 0 Å². The van der Waals surface area contributed by atoms with E-state index in [2.05, 4.69) is 4.98 Å². The molecule has 0 bridgehead atoms. The minimum Gasteiger partial charge on any atom is -0.334 e. The van der Waals surface area contributed by atoms with E-state index in [1.54, 1.807) is 12.1 Å². The molecule has 0 N–H and O–H groups in total. The molecule has 1 aliphatic rings. The van der Waals surface area contributed by atoms with Gasteiger partial charge in [-0.05, 0) is 30.3 Å². The fourth-order valence-corrected chi connectivity index (χ4v) is 3.41. The number of amides is 1. The molecule has 0 spiro atoms. The standard InChI is InChI=1S/C18H12Cl2FN3O2/c19-10-1-3-14(21)12(7-10)17(25)23-6-5-15-13(9-23)18(26)24-8-11(20)2-4-16(24)22-15/h1-4,7-8H,5-6,9H2. The molecule has 5 nitrogen and oxygen atoms in total. The molecule has 1 aliphatic heterocycles. The third kappa shape index (κ3) is 2.85. The summed E-state index contributed by atoms with van der Waals surface area (Å²) in [6.07, 6.45) is 1.90. The SMILES string of the molecule is O=C(c1cc(Cl)ccc1F)N1CCc2nc3ccc(Cl)cn3c(=O)c2C1. The Morgan fingerprint density at radius 1 is 1.15 bits per heavy atom. The van der Waals surface area contributed by atoms with Crippen molar-refractivity contribution in [3.05, 3.63) is 79.6 Å². The Morgan fingerprint density at radius 3 is 2.73 bits per heavy atom. The first-order valence-corrected chi connectivity index (χ1v) is 8.63. The van der Waals surface area contributed by atoms with E-state index < -0.39 is 11.7 Å². The molecule has 2 aromatic heterocycles. The van der Waals surface area contributed by atoms with E-state index in [0.717, 1.165) is 6.07 Å². The van der Waals surface area contributed by atoms with Gasteiger partial charge in [0.05, 0.1) is 28.4 Å². The third-order valence-corrected chi connectivity index (χ3v) is 4.84. The van der Waals surface area contributed by atoms with Gasteiger partial charge in [-0.3, -0.25) is 14.0 Å². The van der Waals surface area contributed by atoms with Gasteiger partial charge in [-0.15, -0.1) is 0 Å². The first-order valence-electron chi connectivity index (χ1n) is 7.88. The van der Waals surface area contributed by atoms with Crippen LogP contribution in [0, 0.1) is 5.82 Å². The number of hydrogen-bond acceptors (Lipinski definition) is 3. The molecule has 0 fully saturated rings. The van der Waals surface area contributed by atoms with Gasteiger partial charge in [-0.2, -0.15) is 0 Å². The predicted molar refractivity (Wildman–Crippen MR) is 96.3 cm³/mol. The van der Waals surface area contributed by atoms with E-state index in [-0.39, 0.29) is 22.7 Å². The Kier molecular flexibility index (Phi) is 4.17. The molecule has 0 unspecified atom stereocenters. The fraction of sp³-hybridized carbons (Fsp3) is 0.167. The van der Waals surface area contributed by atoms with Crippen LogP contribution in [-0.4, -0.2) is 26.7 Å². The van der Waals surface area contributed by atoms with Crippen LogP contribution in [0.25, 0.3) is 5.65 Å². The molecule has 0 aliphatic carbocycles. The van der Waals surface area contributed by atoms with E-state index in [1.807, 2.05) is 0 Å². The maximum Gasteiger partial charge on any atom is 0.263 e. The molecular formula is C18H12Cl2FN3O2. The Balaban J connectivity index is 1.74. The van der Waals surface area contributed by atoms with Crippen LogP contribution in [-0.2, 0) is 13.0 Å². The maximum absolute atomic E-state index is 14.0. The number of fused-ring (bicyclic) bond motifs is 2. The molecule has 3 heterocycles. The lowest BCUT2D eigenvalue weighted by Gasteiger charge is -2.28. The molecule has 4 rings (SSSR count). The largest absolute Gasteiger partial charge is 0.334 e. The van der Waals surface area contributed by atoms with E-state index in [4.69, 9.17) is 23.2 Å². The van der Waals surface area contributed by atoms with Crippen molar-refractivity contribution < 1.29 is 9.18 Å². The van der Waals surface area contributed by atoms with Gasteiger partial charge < -0.3 is 4.90 Å². The summed E-state index contributed by atoms with van der Waals surface area (Å²) in [6, 6.07) is 7.16. The van der Waals surface area contributed by atoms with Gasteiger partial charge in [0.15, 0.2) is 0 Å². The molecule has 26 heavy (non-hydrogen) atoms. The average Bonchev–Trinajstić information content (AvgIpc) is 2.64. The number of carbonyl (C=O) groups excluding carboxylic acids is 1. The lowest BCUT2D eigenvalue weighted by Crippen LogP contribution is -2.40. The number of carbonyl (C=O) groups is 1. The number of nitrogens with zero attached hydrogens (tertiary/aromatic N) is 3. The monoisotopic (exact) mass is 391 g/mol. The van der Waals surface area contributed by atoms with E-state index in [9.17, 15) is 14.0 Å². The predicted octanol–water partition coefficient (Wildman–Crippen LogP) is 3.34. The maximum atomic E-state index is 14.0. The van der Waals surface area contributed by atoms with Crippen molar-refractivity contribution in [2.75, 3.05) is 6.54 Å². The topological polar surface area (TPSA) is 54.7 Å². The summed E-state index contributed by atoms with van der Waals surface area (Å²) in [7, 11) is 0. The number of benzene rings is 1. The second kappa shape index (κ2) is 6.37. The van der Waals surface area contributed by atoms with Crippen molar-refractivity contribution in [1.29, 1.82) is 0 Å². The molecule has 0 saturated carbocycles. The summed E-state index contributed by atoms with van der Waals surface area (Å²) in [5, 5.41) is 0.681. The van der Waals surface area contributed by atoms with Gasteiger partial charge in [0.25, 0.3) is 11.5 Å². The van der Waals surface area contributed by atoms with Crippen molar-refractivity contribution >= 4 is 34.8 Å². The van der Waals surface area contributed by atoms with Crippen molar-refractivity contribution in [2.24, 2.45) is 0 Å². The number of pyridine rings is 1. The number of aromatic nitrogens is 2. The van der Waals surface area contributed by atoms with Crippen LogP contribution in [0.4, 0.5) is 4.39 Å². The summed E-state index contributed by atoms with van der Waals surface area (Å²) < 4.78 is 15.4. The highest BCUT2D eigenvalue weighted by Gasteiger charge is 2.27. The van der Waals surface area contributed by atoms with Gasteiger partial charge in [0.1, 0.15) is 11.5 Å². The molecule has 1 aromatic carbocycles. The first-order chi connectivity index (χ1) is 12.4. The number of halogens is 3. The van der Waals surface area contributed by atoms with Crippen molar-refractivity contribution in [3.8, 4) is 0 Å². The lowest BCUT2D eigenvalue weighted by atomic mass is 10.1. The zero-order valence-corrected chi connectivity index (χ0v) is 14.9. The molecule has 8 heteroatoms. The van der Waals surface area contributed by atoms with Crippen LogP contribution in [0.2, 0.25) is 10.0 Å². The highest BCUT2D eigenvalue weighted by Crippen LogP contribution is 2.21. The van der Waals surface area contributed by atoms with Crippen molar-refractivity contribution in [3.63, 3.8) is 0 Å². The van der Waals surface area contributed by atoms with Crippen LogP contribution < -0.4 is 5.56 Å².